The summed E-state index contributed by atoms with van der Waals surface area (Å²) in [5.74, 6) is 0. The van der Waals surface area contributed by atoms with E-state index < -0.39 is 10.0 Å². The number of aryl methyl sites for hydroxylation is 1. The van der Waals surface area contributed by atoms with Gasteiger partial charge in [0.1, 0.15) is 0 Å². The second kappa shape index (κ2) is 5.50. The first kappa shape index (κ1) is 15.5. The summed E-state index contributed by atoms with van der Waals surface area (Å²) in [5, 5.41) is 9.26. The fraction of sp³-hybridized carbons (Fsp3) is 0.714. The molecule has 1 fully saturated rings. The lowest BCUT2D eigenvalue weighted by molar-refractivity contribution is 0.271. The third kappa shape index (κ3) is 2.92. The van der Waals surface area contributed by atoms with E-state index in [2.05, 4.69) is 18.6 Å². The molecule has 1 unspecified atom stereocenters. The van der Waals surface area contributed by atoms with E-state index in [1.807, 2.05) is 6.92 Å². The smallest absolute Gasteiger partial charge is 0.242 e. The Morgan fingerprint density at radius 3 is 2.65 bits per heavy atom. The zero-order valence-corrected chi connectivity index (χ0v) is 13.2. The maximum Gasteiger partial charge on any atom is 0.242 e. The quantitative estimate of drug-likeness (QED) is 0.872. The van der Waals surface area contributed by atoms with Crippen LogP contribution in [-0.2, 0) is 23.2 Å². The van der Waals surface area contributed by atoms with Gasteiger partial charge in [-0.1, -0.05) is 20.3 Å². The molecular weight excluding hydrogens is 276 g/mol. The van der Waals surface area contributed by atoms with Crippen LogP contribution in [0.1, 0.15) is 45.7 Å². The third-order valence-corrected chi connectivity index (χ3v) is 5.77. The second-order valence-corrected chi connectivity index (χ2v) is 7.88. The van der Waals surface area contributed by atoms with Gasteiger partial charge in [-0.2, -0.15) is 0 Å². The molecule has 0 aliphatic heterocycles. The van der Waals surface area contributed by atoms with Crippen molar-refractivity contribution in [3.8, 4) is 0 Å². The fourth-order valence-corrected chi connectivity index (χ4v) is 4.40. The van der Waals surface area contributed by atoms with Gasteiger partial charge in [-0.05, 0) is 31.2 Å². The molecule has 2 rings (SSSR count). The van der Waals surface area contributed by atoms with E-state index >= 15 is 0 Å². The zero-order valence-electron chi connectivity index (χ0n) is 12.4. The van der Waals surface area contributed by atoms with Gasteiger partial charge in [0, 0.05) is 24.5 Å². The highest BCUT2D eigenvalue weighted by Crippen LogP contribution is 2.38. The molecule has 114 valence electrons. The van der Waals surface area contributed by atoms with Gasteiger partial charge < -0.3 is 9.67 Å². The van der Waals surface area contributed by atoms with Gasteiger partial charge >= 0.3 is 0 Å². The molecular formula is C14H24N2O3S. The molecule has 0 bridgehead atoms. The van der Waals surface area contributed by atoms with E-state index in [-0.39, 0.29) is 23.0 Å². The zero-order chi connectivity index (χ0) is 15.0. The Kier molecular flexibility index (Phi) is 4.27. The summed E-state index contributed by atoms with van der Waals surface area (Å²) in [4.78, 5) is 0.242. The summed E-state index contributed by atoms with van der Waals surface area (Å²) in [5.41, 5.74) is 0.624. The molecule has 6 heteroatoms. The summed E-state index contributed by atoms with van der Waals surface area (Å²) < 4.78 is 29.5. The molecule has 2 N–H and O–H groups in total. The summed E-state index contributed by atoms with van der Waals surface area (Å²) >= 11 is 0. The van der Waals surface area contributed by atoms with Crippen LogP contribution in [0.2, 0.25) is 0 Å². The Bertz CT molecular complexity index is 554. The van der Waals surface area contributed by atoms with Gasteiger partial charge in [-0.15, -0.1) is 0 Å². The Balaban J connectivity index is 2.24. The molecule has 1 aromatic rings. The summed E-state index contributed by atoms with van der Waals surface area (Å²) in [6, 6.07) is 1.53. The first-order chi connectivity index (χ1) is 9.30. The summed E-state index contributed by atoms with van der Waals surface area (Å²) in [6.45, 7) is 6.61. The van der Waals surface area contributed by atoms with Gasteiger partial charge in [0.15, 0.2) is 0 Å². The molecule has 1 saturated carbocycles. The van der Waals surface area contributed by atoms with Crippen molar-refractivity contribution in [2.24, 2.45) is 5.41 Å². The van der Waals surface area contributed by atoms with E-state index in [0.717, 1.165) is 19.3 Å². The van der Waals surface area contributed by atoms with Crippen molar-refractivity contribution in [2.45, 2.75) is 64.1 Å². The highest BCUT2D eigenvalue weighted by molar-refractivity contribution is 7.89. The average Bonchev–Trinajstić information content (AvgIpc) is 2.93. The largest absolute Gasteiger partial charge is 0.390 e. The van der Waals surface area contributed by atoms with Crippen LogP contribution in [0, 0.1) is 5.41 Å². The van der Waals surface area contributed by atoms with E-state index in [9.17, 15) is 13.5 Å². The predicted molar refractivity (Wildman–Crippen MR) is 77.8 cm³/mol. The molecule has 20 heavy (non-hydrogen) atoms. The fourth-order valence-electron chi connectivity index (χ4n) is 2.90. The number of nitrogens with one attached hydrogen (secondary N) is 1. The Labute approximate surface area is 121 Å². The number of aromatic nitrogens is 1. The van der Waals surface area contributed by atoms with Crippen molar-refractivity contribution in [1.29, 1.82) is 0 Å². The van der Waals surface area contributed by atoms with Crippen molar-refractivity contribution in [2.75, 3.05) is 0 Å². The molecule has 1 heterocycles. The van der Waals surface area contributed by atoms with Crippen LogP contribution in [-0.4, -0.2) is 24.1 Å². The molecule has 0 aromatic carbocycles. The minimum atomic E-state index is -3.52. The molecule has 1 aromatic heterocycles. The minimum absolute atomic E-state index is 0.000199. The molecule has 1 aliphatic carbocycles. The van der Waals surface area contributed by atoms with Crippen LogP contribution < -0.4 is 4.72 Å². The first-order valence-electron chi connectivity index (χ1n) is 7.12. The van der Waals surface area contributed by atoms with Crippen LogP contribution in [0.4, 0.5) is 0 Å². The number of aliphatic hydroxyl groups is 1. The first-order valence-corrected chi connectivity index (χ1v) is 8.60. The van der Waals surface area contributed by atoms with E-state index in [4.69, 9.17) is 0 Å². The number of sulfonamides is 1. The van der Waals surface area contributed by atoms with Crippen molar-refractivity contribution >= 4 is 10.0 Å². The molecule has 0 saturated heterocycles. The van der Waals surface area contributed by atoms with Gasteiger partial charge in [-0.3, -0.25) is 0 Å². The number of hydrogen-bond acceptors (Lipinski definition) is 3. The summed E-state index contributed by atoms with van der Waals surface area (Å²) in [6.07, 6.45) is 4.57. The number of nitrogens with zero attached hydrogens (tertiary/aromatic N) is 1. The molecule has 0 radical (unpaired) electrons. The maximum atomic E-state index is 12.5. The van der Waals surface area contributed by atoms with E-state index in [1.165, 1.54) is 0 Å². The highest BCUT2D eigenvalue weighted by Gasteiger charge is 2.37. The molecule has 0 amide bonds. The molecule has 1 atom stereocenters. The minimum Gasteiger partial charge on any atom is -0.390 e. The van der Waals surface area contributed by atoms with Crippen molar-refractivity contribution in [3.63, 3.8) is 0 Å². The van der Waals surface area contributed by atoms with Crippen LogP contribution in [0.25, 0.3) is 0 Å². The number of hydrogen-bond donors (Lipinski definition) is 2. The third-order valence-electron chi connectivity index (χ3n) is 4.33. The molecule has 1 aliphatic rings. The molecule has 0 spiro atoms. The second-order valence-electron chi connectivity index (χ2n) is 6.17. The monoisotopic (exact) mass is 300 g/mol. The van der Waals surface area contributed by atoms with Crippen LogP contribution >= 0.6 is 0 Å². The van der Waals surface area contributed by atoms with Gasteiger partial charge in [0.05, 0.1) is 11.5 Å². The average molecular weight is 300 g/mol. The van der Waals surface area contributed by atoms with E-state index in [0.29, 0.717) is 12.2 Å². The van der Waals surface area contributed by atoms with Crippen molar-refractivity contribution in [1.82, 2.24) is 9.29 Å². The number of aliphatic hydroxyl groups excluding tert-OH is 1. The van der Waals surface area contributed by atoms with Crippen LogP contribution in [0.15, 0.2) is 17.2 Å². The topological polar surface area (TPSA) is 71.3 Å². The van der Waals surface area contributed by atoms with Crippen LogP contribution in [0.5, 0.6) is 0 Å². The normalized spacial score (nSPS) is 22.3. The predicted octanol–water partition coefficient (Wildman–Crippen LogP) is 1.86. The lowest BCUT2D eigenvalue weighted by Crippen LogP contribution is -2.41. The van der Waals surface area contributed by atoms with Gasteiger partial charge in [0.25, 0.3) is 0 Å². The highest BCUT2D eigenvalue weighted by atomic mass is 32.2. The Hall–Kier alpha value is -0.850. The maximum absolute atomic E-state index is 12.5. The lowest BCUT2D eigenvalue weighted by Gasteiger charge is -2.27. The van der Waals surface area contributed by atoms with Gasteiger partial charge in [0.2, 0.25) is 10.0 Å². The Morgan fingerprint density at radius 2 is 2.20 bits per heavy atom. The van der Waals surface area contributed by atoms with Crippen molar-refractivity contribution < 1.29 is 13.5 Å². The lowest BCUT2D eigenvalue weighted by atomic mass is 9.88. The SMILES string of the molecule is CCn1cc(S(=O)(=O)NC2CCCC2(C)C)cc1CO. The van der Waals surface area contributed by atoms with Gasteiger partial charge in [-0.25, -0.2) is 13.1 Å². The van der Waals surface area contributed by atoms with Crippen molar-refractivity contribution in [3.05, 3.63) is 18.0 Å². The number of rotatable bonds is 5. The van der Waals surface area contributed by atoms with E-state index in [1.54, 1.807) is 16.8 Å². The molecule has 5 nitrogen and oxygen atoms in total. The standard InChI is InChI=1S/C14H24N2O3S/c1-4-16-9-12(8-11(16)10-17)20(18,19)15-13-6-5-7-14(13,2)3/h8-9,13,15,17H,4-7,10H2,1-3H3. The Morgan fingerprint density at radius 1 is 1.50 bits per heavy atom. The van der Waals surface area contributed by atoms with Crippen LogP contribution in [0.3, 0.4) is 0 Å². The summed E-state index contributed by atoms with van der Waals surface area (Å²) in [7, 11) is -3.52.